The van der Waals surface area contributed by atoms with E-state index in [1.54, 1.807) is 0 Å². The molecule has 7 nitrogen and oxygen atoms in total. The van der Waals surface area contributed by atoms with E-state index in [1.807, 2.05) is 0 Å². The minimum atomic E-state index is -4.51. The van der Waals surface area contributed by atoms with Crippen LogP contribution in [0.5, 0.6) is 0 Å². The molecular formula is C12H11F3N4O3S2. The van der Waals surface area contributed by atoms with Gasteiger partial charge < -0.3 is 5.32 Å². The number of sulfonamides is 1. The smallest absolute Gasteiger partial charge is 0.301 e. The Labute approximate surface area is 139 Å². The molecule has 0 aliphatic rings. The lowest BCUT2D eigenvalue weighted by molar-refractivity contribution is -0.137. The molecule has 0 radical (unpaired) electrons. The molecule has 12 heteroatoms. The van der Waals surface area contributed by atoms with Crippen molar-refractivity contribution >= 4 is 32.4 Å². The van der Waals surface area contributed by atoms with Gasteiger partial charge in [-0.2, -0.15) is 13.2 Å². The summed E-state index contributed by atoms with van der Waals surface area (Å²) in [5.41, 5.74) is -0.733. The summed E-state index contributed by atoms with van der Waals surface area (Å²) in [7, 11) is -4.06. The molecule has 0 saturated carbocycles. The highest BCUT2D eigenvalue weighted by Gasteiger charge is 2.30. The first-order valence-corrected chi connectivity index (χ1v) is 8.65. The molecule has 0 aliphatic heterocycles. The topological polar surface area (TPSA) is 101 Å². The highest BCUT2D eigenvalue weighted by atomic mass is 32.2. The Bertz CT molecular complexity index is 849. The van der Waals surface area contributed by atoms with Crippen molar-refractivity contribution < 1.29 is 26.4 Å². The maximum atomic E-state index is 12.6. The molecule has 0 spiro atoms. The van der Waals surface area contributed by atoms with Crippen molar-refractivity contribution in [2.45, 2.75) is 24.0 Å². The molecule has 0 saturated heterocycles. The second-order valence-electron chi connectivity index (χ2n) is 4.58. The van der Waals surface area contributed by atoms with Gasteiger partial charge in [-0.3, -0.25) is 4.79 Å². The first kappa shape index (κ1) is 18.3. The average molecular weight is 380 g/mol. The van der Waals surface area contributed by atoms with E-state index in [0.29, 0.717) is 11.3 Å². The second-order valence-corrected chi connectivity index (χ2v) is 7.50. The van der Waals surface area contributed by atoms with Crippen LogP contribution in [0.4, 0.5) is 18.3 Å². The molecule has 0 bridgehead atoms. The van der Waals surface area contributed by atoms with E-state index in [-0.39, 0.29) is 17.2 Å². The zero-order valence-corrected chi connectivity index (χ0v) is 13.7. The van der Waals surface area contributed by atoms with Gasteiger partial charge in [0.05, 0.1) is 5.56 Å². The van der Waals surface area contributed by atoms with Crippen LogP contribution in [0.15, 0.2) is 28.6 Å². The number of carbonyl (C=O) groups is 1. The number of aromatic nitrogens is 2. The largest absolute Gasteiger partial charge is 0.416 e. The Morgan fingerprint density at radius 1 is 1.29 bits per heavy atom. The van der Waals surface area contributed by atoms with Crippen LogP contribution in [0.3, 0.4) is 0 Å². The summed E-state index contributed by atoms with van der Waals surface area (Å²) in [5.74, 6) is -0.438. The molecule has 0 unspecified atom stereocenters. The van der Waals surface area contributed by atoms with Crippen LogP contribution in [-0.2, 0) is 27.5 Å². The molecule has 24 heavy (non-hydrogen) atoms. The Morgan fingerprint density at radius 2 is 2.00 bits per heavy atom. The predicted molar refractivity (Wildman–Crippen MR) is 79.7 cm³/mol. The molecule has 0 aliphatic carbocycles. The molecular weight excluding hydrogens is 369 g/mol. The molecule has 2 rings (SSSR count). The van der Waals surface area contributed by atoms with Crippen LogP contribution in [0.1, 0.15) is 18.1 Å². The summed E-state index contributed by atoms with van der Waals surface area (Å²) in [4.78, 5) is 10.9. The van der Waals surface area contributed by atoms with Crippen LogP contribution in [0.25, 0.3) is 0 Å². The van der Waals surface area contributed by atoms with Crippen molar-refractivity contribution in [1.29, 1.82) is 0 Å². The Balaban J connectivity index is 2.10. The average Bonchev–Trinajstić information content (AvgIpc) is 2.93. The number of nitrogens with zero attached hydrogens (tertiary/aromatic N) is 2. The van der Waals surface area contributed by atoms with Crippen molar-refractivity contribution in [2.24, 2.45) is 0 Å². The molecule has 130 valence electrons. The van der Waals surface area contributed by atoms with Crippen molar-refractivity contribution in [3.8, 4) is 0 Å². The van der Waals surface area contributed by atoms with E-state index in [2.05, 4.69) is 20.2 Å². The van der Waals surface area contributed by atoms with E-state index >= 15 is 0 Å². The number of hydrogen-bond donors (Lipinski definition) is 2. The lowest BCUT2D eigenvalue weighted by Crippen LogP contribution is -2.23. The SMILES string of the molecule is CC(=O)Nc1nnc(S(=O)(=O)NCc2cccc(C(F)(F)F)c2)s1. The number of rotatable bonds is 5. The van der Waals surface area contributed by atoms with Gasteiger partial charge in [0.25, 0.3) is 10.0 Å². The van der Waals surface area contributed by atoms with Gasteiger partial charge in [-0.1, -0.05) is 29.5 Å². The zero-order chi connectivity index (χ0) is 18.0. The van der Waals surface area contributed by atoms with E-state index in [4.69, 9.17) is 0 Å². The van der Waals surface area contributed by atoms with Gasteiger partial charge in [0, 0.05) is 13.5 Å². The number of hydrogen-bond acceptors (Lipinski definition) is 6. The molecule has 1 aromatic heterocycles. The summed E-state index contributed by atoms with van der Waals surface area (Å²) in [6.07, 6.45) is -4.51. The maximum Gasteiger partial charge on any atom is 0.416 e. The van der Waals surface area contributed by atoms with Crippen LogP contribution >= 0.6 is 11.3 Å². The number of alkyl halides is 3. The van der Waals surface area contributed by atoms with Crippen LogP contribution in [0.2, 0.25) is 0 Å². The van der Waals surface area contributed by atoms with Crippen molar-refractivity contribution in [2.75, 3.05) is 5.32 Å². The fourth-order valence-corrected chi connectivity index (χ4v) is 3.62. The summed E-state index contributed by atoms with van der Waals surface area (Å²) >= 11 is 0.626. The normalized spacial score (nSPS) is 12.2. The standard InChI is InChI=1S/C12H11F3N4O3S2/c1-7(20)17-10-18-19-11(23-10)24(21,22)16-6-8-3-2-4-9(5-8)12(13,14)15/h2-5,16H,6H2,1H3,(H,17,18,20). The Morgan fingerprint density at radius 3 is 2.62 bits per heavy atom. The molecule has 1 amide bonds. The van der Waals surface area contributed by atoms with Gasteiger partial charge in [-0.05, 0) is 11.6 Å². The number of halogens is 3. The van der Waals surface area contributed by atoms with Gasteiger partial charge in [-0.15, -0.1) is 10.2 Å². The van der Waals surface area contributed by atoms with Gasteiger partial charge in [0.1, 0.15) is 0 Å². The van der Waals surface area contributed by atoms with E-state index in [0.717, 1.165) is 12.1 Å². The molecule has 1 heterocycles. The van der Waals surface area contributed by atoms with Crippen molar-refractivity contribution in [1.82, 2.24) is 14.9 Å². The first-order chi connectivity index (χ1) is 11.1. The lowest BCUT2D eigenvalue weighted by atomic mass is 10.1. The van der Waals surface area contributed by atoms with Crippen LogP contribution < -0.4 is 10.0 Å². The van der Waals surface area contributed by atoms with Gasteiger partial charge in [0.15, 0.2) is 0 Å². The number of amides is 1. The highest BCUT2D eigenvalue weighted by Crippen LogP contribution is 2.29. The molecule has 1 aromatic carbocycles. The monoisotopic (exact) mass is 380 g/mol. The highest BCUT2D eigenvalue weighted by molar-refractivity contribution is 7.91. The first-order valence-electron chi connectivity index (χ1n) is 6.35. The third-order valence-electron chi connectivity index (χ3n) is 2.64. The Hall–Kier alpha value is -2.05. The molecule has 0 atom stereocenters. The quantitative estimate of drug-likeness (QED) is 0.773. The predicted octanol–water partition coefficient (Wildman–Crippen LogP) is 1.99. The molecule has 0 fully saturated rings. The zero-order valence-electron chi connectivity index (χ0n) is 12.1. The number of benzene rings is 1. The third-order valence-corrected chi connectivity index (χ3v) is 5.25. The van der Waals surface area contributed by atoms with Crippen molar-refractivity contribution in [3.05, 3.63) is 35.4 Å². The summed E-state index contributed by atoms with van der Waals surface area (Å²) < 4.78 is 63.7. The molecule has 2 aromatic rings. The van der Waals surface area contributed by atoms with Gasteiger partial charge in [0.2, 0.25) is 15.4 Å². The maximum absolute atomic E-state index is 12.6. The Kier molecular flexibility index (Phi) is 5.20. The molecule has 2 N–H and O–H groups in total. The minimum Gasteiger partial charge on any atom is -0.301 e. The van der Waals surface area contributed by atoms with E-state index in [1.165, 1.54) is 19.1 Å². The third kappa shape index (κ3) is 4.72. The van der Waals surface area contributed by atoms with Crippen molar-refractivity contribution in [3.63, 3.8) is 0 Å². The van der Waals surface area contributed by atoms with Crippen LogP contribution in [0, 0.1) is 0 Å². The number of carbonyl (C=O) groups excluding carboxylic acids is 1. The summed E-state index contributed by atoms with van der Waals surface area (Å²) in [6, 6.07) is 4.29. The van der Waals surface area contributed by atoms with E-state index in [9.17, 15) is 26.4 Å². The number of nitrogens with one attached hydrogen (secondary N) is 2. The van der Waals surface area contributed by atoms with E-state index < -0.39 is 32.0 Å². The second kappa shape index (κ2) is 6.83. The fraction of sp³-hybridized carbons (Fsp3) is 0.250. The van der Waals surface area contributed by atoms with Crippen LogP contribution in [-0.4, -0.2) is 24.5 Å². The summed E-state index contributed by atoms with van der Waals surface area (Å²) in [5, 5.41) is 9.21. The van der Waals surface area contributed by atoms with Gasteiger partial charge in [-0.25, -0.2) is 13.1 Å². The van der Waals surface area contributed by atoms with Gasteiger partial charge >= 0.3 is 6.18 Å². The minimum absolute atomic E-state index is 0.00180. The summed E-state index contributed by atoms with van der Waals surface area (Å²) in [6.45, 7) is 0.878. The lowest BCUT2D eigenvalue weighted by Gasteiger charge is -2.09. The number of anilines is 1. The fourth-order valence-electron chi connectivity index (χ4n) is 1.62.